The van der Waals surface area contributed by atoms with Crippen LogP contribution in [0.4, 0.5) is 0 Å². The molecule has 0 heterocycles. The number of hydrogen-bond donors (Lipinski definition) is 1. The molecule has 1 aromatic carbocycles. The van der Waals surface area contributed by atoms with Crippen molar-refractivity contribution in [3.8, 4) is 11.5 Å². The predicted molar refractivity (Wildman–Crippen MR) is 71.7 cm³/mol. The highest BCUT2D eigenvalue weighted by Gasteiger charge is 2.27. The zero-order chi connectivity index (χ0) is 13.2. The molecule has 0 atom stereocenters. The van der Waals surface area contributed by atoms with E-state index in [1.54, 1.807) is 21.0 Å². The van der Waals surface area contributed by atoms with Gasteiger partial charge in [0.15, 0.2) is 11.5 Å². The lowest BCUT2D eigenvalue weighted by molar-refractivity contribution is 0.0716. The van der Waals surface area contributed by atoms with E-state index in [0.29, 0.717) is 17.1 Å². The molecule has 0 aromatic heterocycles. The number of benzene rings is 1. The van der Waals surface area contributed by atoms with Gasteiger partial charge in [0.1, 0.15) is 0 Å². The van der Waals surface area contributed by atoms with Crippen molar-refractivity contribution in [2.45, 2.75) is 39.4 Å². The molecule has 0 radical (unpaired) electrons. The standard InChI is InChI=1S/C13H19BrO3/c1-8(2)17-12-10(16-5)7-6-9(14)11(12)13(3,4)15/h6-8,15H,1-5H3. The summed E-state index contributed by atoms with van der Waals surface area (Å²) >= 11 is 3.44. The fourth-order valence-corrected chi connectivity index (χ4v) is 2.42. The summed E-state index contributed by atoms with van der Waals surface area (Å²) in [6.45, 7) is 7.32. The average Bonchev–Trinajstić information content (AvgIpc) is 2.15. The minimum Gasteiger partial charge on any atom is -0.493 e. The highest BCUT2D eigenvalue weighted by Crippen LogP contribution is 2.42. The first-order chi connectivity index (χ1) is 7.77. The van der Waals surface area contributed by atoms with Gasteiger partial charge in [0.25, 0.3) is 0 Å². The molecule has 0 fully saturated rings. The van der Waals surface area contributed by atoms with E-state index < -0.39 is 5.60 Å². The molecule has 96 valence electrons. The van der Waals surface area contributed by atoms with Gasteiger partial charge in [-0.3, -0.25) is 0 Å². The van der Waals surface area contributed by atoms with E-state index >= 15 is 0 Å². The number of rotatable bonds is 4. The highest BCUT2D eigenvalue weighted by molar-refractivity contribution is 9.10. The van der Waals surface area contributed by atoms with Crippen LogP contribution >= 0.6 is 15.9 Å². The van der Waals surface area contributed by atoms with Gasteiger partial charge in [-0.05, 0) is 39.8 Å². The zero-order valence-corrected chi connectivity index (χ0v) is 12.5. The normalized spacial score (nSPS) is 11.8. The van der Waals surface area contributed by atoms with Gasteiger partial charge in [0.05, 0.1) is 18.8 Å². The van der Waals surface area contributed by atoms with Crippen molar-refractivity contribution >= 4 is 15.9 Å². The second kappa shape index (κ2) is 5.27. The van der Waals surface area contributed by atoms with E-state index in [4.69, 9.17) is 9.47 Å². The van der Waals surface area contributed by atoms with Crippen LogP contribution in [0.1, 0.15) is 33.3 Å². The Bertz CT molecular complexity index is 394. The second-order valence-electron chi connectivity index (χ2n) is 4.68. The first-order valence-electron chi connectivity index (χ1n) is 5.53. The second-order valence-corrected chi connectivity index (χ2v) is 5.53. The monoisotopic (exact) mass is 302 g/mol. The molecule has 0 saturated carbocycles. The van der Waals surface area contributed by atoms with E-state index in [1.807, 2.05) is 26.0 Å². The van der Waals surface area contributed by atoms with Crippen LogP contribution in [0.25, 0.3) is 0 Å². The van der Waals surface area contributed by atoms with E-state index in [2.05, 4.69) is 15.9 Å². The van der Waals surface area contributed by atoms with Crippen LogP contribution in [-0.2, 0) is 5.60 Å². The Labute approximate surface area is 111 Å². The molecule has 3 nitrogen and oxygen atoms in total. The van der Waals surface area contributed by atoms with Gasteiger partial charge in [-0.2, -0.15) is 0 Å². The molecule has 0 saturated heterocycles. The van der Waals surface area contributed by atoms with Crippen LogP contribution in [0.2, 0.25) is 0 Å². The Morgan fingerprint density at radius 3 is 2.29 bits per heavy atom. The summed E-state index contributed by atoms with van der Waals surface area (Å²) in [5.41, 5.74) is -0.303. The van der Waals surface area contributed by atoms with Gasteiger partial charge in [0, 0.05) is 10.0 Å². The molecule has 0 unspecified atom stereocenters. The average molecular weight is 303 g/mol. The third-order valence-corrected chi connectivity index (χ3v) is 2.92. The van der Waals surface area contributed by atoms with Crippen LogP contribution in [0.5, 0.6) is 11.5 Å². The van der Waals surface area contributed by atoms with Crippen LogP contribution < -0.4 is 9.47 Å². The van der Waals surface area contributed by atoms with E-state index in [9.17, 15) is 5.11 Å². The fourth-order valence-electron chi connectivity index (χ4n) is 1.62. The summed E-state index contributed by atoms with van der Waals surface area (Å²) in [5.74, 6) is 1.21. The fraction of sp³-hybridized carbons (Fsp3) is 0.538. The van der Waals surface area contributed by atoms with Crippen molar-refractivity contribution in [3.05, 3.63) is 22.2 Å². The Kier molecular flexibility index (Phi) is 4.44. The van der Waals surface area contributed by atoms with Crippen LogP contribution in [0.15, 0.2) is 16.6 Å². The number of aliphatic hydroxyl groups is 1. The van der Waals surface area contributed by atoms with Crippen molar-refractivity contribution < 1.29 is 14.6 Å². The summed E-state index contributed by atoms with van der Waals surface area (Å²) in [5, 5.41) is 10.2. The molecular weight excluding hydrogens is 284 g/mol. The molecule has 0 aliphatic rings. The summed E-state index contributed by atoms with van der Waals surface area (Å²) in [6.07, 6.45) is 0.0132. The molecule has 0 bridgehead atoms. The molecule has 0 aliphatic heterocycles. The summed E-state index contributed by atoms with van der Waals surface area (Å²) < 4.78 is 11.8. The largest absolute Gasteiger partial charge is 0.493 e. The number of hydrogen-bond acceptors (Lipinski definition) is 3. The Morgan fingerprint density at radius 2 is 1.88 bits per heavy atom. The number of ether oxygens (including phenoxy) is 2. The minimum atomic E-state index is -1.00. The van der Waals surface area contributed by atoms with Crippen molar-refractivity contribution in [1.29, 1.82) is 0 Å². The van der Waals surface area contributed by atoms with Crippen LogP contribution in [-0.4, -0.2) is 18.3 Å². The van der Waals surface area contributed by atoms with Crippen molar-refractivity contribution in [2.75, 3.05) is 7.11 Å². The molecular formula is C13H19BrO3. The Morgan fingerprint density at radius 1 is 1.29 bits per heavy atom. The molecule has 1 aromatic rings. The van der Waals surface area contributed by atoms with Crippen LogP contribution in [0, 0.1) is 0 Å². The molecule has 0 aliphatic carbocycles. The van der Waals surface area contributed by atoms with Gasteiger partial charge in [-0.15, -0.1) is 0 Å². The van der Waals surface area contributed by atoms with Crippen molar-refractivity contribution in [2.24, 2.45) is 0 Å². The smallest absolute Gasteiger partial charge is 0.168 e. The lowest BCUT2D eigenvalue weighted by Gasteiger charge is -2.25. The number of halogens is 1. The lowest BCUT2D eigenvalue weighted by atomic mass is 9.97. The molecule has 4 heteroatoms. The molecule has 0 amide bonds. The van der Waals surface area contributed by atoms with Gasteiger partial charge >= 0.3 is 0 Å². The minimum absolute atomic E-state index is 0.0132. The first kappa shape index (κ1) is 14.3. The van der Waals surface area contributed by atoms with Gasteiger partial charge < -0.3 is 14.6 Å². The number of methoxy groups -OCH3 is 1. The molecule has 1 N–H and O–H groups in total. The Hall–Kier alpha value is -0.740. The molecule has 0 spiro atoms. The van der Waals surface area contributed by atoms with E-state index in [-0.39, 0.29) is 6.10 Å². The Balaban J connectivity index is 3.42. The summed E-state index contributed by atoms with van der Waals surface area (Å²) in [4.78, 5) is 0. The van der Waals surface area contributed by atoms with Crippen molar-refractivity contribution in [3.63, 3.8) is 0 Å². The van der Waals surface area contributed by atoms with Crippen LogP contribution in [0.3, 0.4) is 0 Å². The van der Waals surface area contributed by atoms with E-state index in [1.165, 1.54) is 0 Å². The lowest BCUT2D eigenvalue weighted by Crippen LogP contribution is -2.20. The highest BCUT2D eigenvalue weighted by atomic mass is 79.9. The summed E-state index contributed by atoms with van der Waals surface area (Å²) in [6, 6.07) is 3.66. The molecule has 1 rings (SSSR count). The van der Waals surface area contributed by atoms with Gasteiger partial charge in [0.2, 0.25) is 0 Å². The maximum atomic E-state index is 10.2. The van der Waals surface area contributed by atoms with Crippen molar-refractivity contribution in [1.82, 2.24) is 0 Å². The zero-order valence-electron chi connectivity index (χ0n) is 10.9. The van der Waals surface area contributed by atoms with Gasteiger partial charge in [-0.1, -0.05) is 15.9 Å². The third-order valence-electron chi connectivity index (χ3n) is 2.26. The predicted octanol–water partition coefficient (Wildman–Crippen LogP) is 3.47. The van der Waals surface area contributed by atoms with E-state index in [0.717, 1.165) is 4.47 Å². The maximum Gasteiger partial charge on any atom is 0.168 e. The summed E-state index contributed by atoms with van der Waals surface area (Å²) in [7, 11) is 1.59. The van der Waals surface area contributed by atoms with Gasteiger partial charge in [-0.25, -0.2) is 0 Å². The first-order valence-corrected chi connectivity index (χ1v) is 6.32. The maximum absolute atomic E-state index is 10.2. The topological polar surface area (TPSA) is 38.7 Å². The SMILES string of the molecule is COc1ccc(Br)c(C(C)(C)O)c1OC(C)C. The third kappa shape index (κ3) is 3.36. The molecule has 17 heavy (non-hydrogen) atoms. The quantitative estimate of drug-likeness (QED) is 0.925.